The number of unbranched alkanes of at least 4 members (excludes halogenated alkanes) is 1. The number of rotatable bonds is 8. The average molecular weight is 313 g/mol. The van der Waals surface area contributed by atoms with E-state index in [2.05, 4.69) is 26.9 Å². The van der Waals surface area contributed by atoms with Gasteiger partial charge in [-0.05, 0) is 39.5 Å². The SMILES string of the molecule is CCNC(=NCCCCC(=O)OC)N1CCC(OCC)CC1. The Kier molecular flexibility index (Phi) is 9.62. The number of guanidine groups is 1. The molecule has 1 heterocycles. The summed E-state index contributed by atoms with van der Waals surface area (Å²) in [4.78, 5) is 18.0. The number of carbonyl (C=O) groups excluding carboxylic acids is 1. The standard InChI is InChI=1S/C16H31N3O3/c1-4-17-16(18-11-7-6-8-15(20)21-3)19-12-9-14(10-13-19)22-5-2/h14H,4-13H2,1-3H3,(H,17,18). The van der Waals surface area contributed by atoms with Crippen molar-refractivity contribution < 1.29 is 14.3 Å². The van der Waals surface area contributed by atoms with Gasteiger partial charge in [0.25, 0.3) is 0 Å². The lowest BCUT2D eigenvalue weighted by molar-refractivity contribution is -0.140. The van der Waals surface area contributed by atoms with Gasteiger partial charge >= 0.3 is 5.97 Å². The number of likely N-dealkylation sites (tertiary alicyclic amines) is 1. The quantitative estimate of drug-likeness (QED) is 0.320. The molecule has 0 amide bonds. The van der Waals surface area contributed by atoms with Crippen molar-refractivity contribution in [2.75, 3.05) is 39.9 Å². The van der Waals surface area contributed by atoms with Crippen molar-refractivity contribution in [3.05, 3.63) is 0 Å². The van der Waals surface area contributed by atoms with Gasteiger partial charge in [0, 0.05) is 39.2 Å². The molecule has 0 aromatic rings. The third-order valence-corrected chi connectivity index (χ3v) is 3.76. The van der Waals surface area contributed by atoms with E-state index in [0.717, 1.165) is 64.4 Å². The Balaban J connectivity index is 2.34. The van der Waals surface area contributed by atoms with Crippen LogP contribution >= 0.6 is 0 Å². The molecule has 0 unspecified atom stereocenters. The number of hydrogen-bond acceptors (Lipinski definition) is 4. The second kappa shape index (κ2) is 11.3. The molecule has 0 bridgehead atoms. The molecule has 0 aliphatic carbocycles. The molecular weight excluding hydrogens is 282 g/mol. The van der Waals surface area contributed by atoms with E-state index in [1.54, 1.807) is 0 Å². The molecule has 0 saturated carbocycles. The first-order chi connectivity index (χ1) is 10.7. The third-order valence-electron chi connectivity index (χ3n) is 3.76. The normalized spacial score (nSPS) is 16.7. The maximum Gasteiger partial charge on any atom is 0.305 e. The van der Waals surface area contributed by atoms with E-state index in [9.17, 15) is 4.79 Å². The zero-order valence-corrected chi connectivity index (χ0v) is 14.3. The molecule has 0 aromatic carbocycles. The summed E-state index contributed by atoms with van der Waals surface area (Å²) in [6.45, 7) is 8.50. The minimum absolute atomic E-state index is 0.145. The van der Waals surface area contributed by atoms with Crippen LogP contribution in [0.1, 0.15) is 46.0 Å². The smallest absolute Gasteiger partial charge is 0.305 e. The zero-order valence-electron chi connectivity index (χ0n) is 14.3. The minimum Gasteiger partial charge on any atom is -0.469 e. The van der Waals surface area contributed by atoms with Crippen LogP contribution in [0.5, 0.6) is 0 Å². The first kappa shape index (κ1) is 18.7. The zero-order chi connectivity index (χ0) is 16.2. The van der Waals surface area contributed by atoms with Gasteiger partial charge in [0.2, 0.25) is 0 Å². The van der Waals surface area contributed by atoms with E-state index in [-0.39, 0.29) is 5.97 Å². The third kappa shape index (κ3) is 7.11. The van der Waals surface area contributed by atoms with Crippen molar-refractivity contribution in [1.29, 1.82) is 0 Å². The van der Waals surface area contributed by atoms with E-state index in [0.29, 0.717) is 12.5 Å². The fourth-order valence-electron chi connectivity index (χ4n) is 2.56. The number of methoxy groups -OCH3 is 1. The Morgan fingerprint density at radius 1 is 1.27 bits per heavy atom. The Hall–Kier alpha value is -1.30. The van der Waals surface area contributed by atoms with E-state index >= 15 is 0 Å². The predicted octanol–water partition coefficient (Wildman–Crippen LogP) is 1.80. The van der Waals surface area contributed by atoms with Crippen LogP contribution in [0.25, 0.3) is 0 Å². The summed E-state index contributed by atoms with van der Waals surface area (Å²) >= 11 is 0. The van der Waals surface area contributed by atoms with Crippen molar-refractivity contribution in [3.63, 3.8) is 0 Å². The van der Waals surface area contributed by atoms with Crippen LogP contribution in [-0.4, -0.2) is 62.8 Å². The number of esters is 1. The van der Waals surface area contributed by atoms with Crippen LogP contribution in [0.2, 0.25) is 0 Å². The molecule has 6 heteroatoms. The van der Waals surface area contributed by atoms with E-state index < -0.39 is 0 Å². The minimum atomic E-state index is -0.145. The molecule has 1 aliphatic rings. The Morgan fingerprint density at radius 3 is 2.59 bits per heavy atom. The van der Waals surface area contributed by atoms with Crippen LogP contribution in [0.15, 0.2) is 4.99 Å². The first-order valence-electron chi connectivity index (χ1n) is 8.42. The maximum absolute atomic E-state index is 11.1. The lowest BCUT2D eigenvalue weighted by atomic mass is 10.1. The highest BCUT2D eigenvalue weighted by Crippen LogP contribution is 2.13. The summed E-state index contributed by atoms with van der Waals surface area (Å²) in [5, 5.41) is 3.35. The predicted molar refractivity (Wildman–Crippen MR) is 88.1 cm³/mol. The average Bonchev–Trinajstić information content (AvgIpc) is 2.54. The molecule has 6 nitrogen and oxygen atoms in total. The van der Waals surface area contributed by atoms with Gasteiger partial charge in [-0.2, -0.15) is 0 Å². The Bertz CT molecular complexity index is 340. The molecule has 0 spiro atoms. The van der Waals surface area contributed by atoms with Crippen LogP contribution in [-0.2, 0) is 14.3 Å². The summed E-state index contributed by atoms with van der Waals surface area (Å²) in [5.41, 5.74) is 0. The molecule has 1 fully saturated rings. The summed E-state index contributed by atoms with van der Waals surface area (Å²) < 4.78 is 10.3. The van der Waals surface area contributed by atoms with Crippen molar-refractivity contribution >= 4 is 11.9 Å². The monoisotopic (exact) mass is 313 g/mol. The van der Waals surface area contributed by atoms with Gasteiger partial charge in [-0.3, -0.25) is 9.79 Å². The van der Waals surface area contributed by atoms with Gasteiger partial charge in [0.15, 0.2) is 5.96 Å². The topological polar surface area (TPSA) is 63.2 Å². The largest absolute Gasteiger partial charge is 0.469 e. The van der Waals surface area contributed by atoms with Gasteiger partial charge in [0.05, 0.1) is 13.2 Å². The molecule has 22 heavy (non-hydrogen) atoms. The summed E-state index contributed by atoms with van der Waals surface area (Å²) in [5.74, 6) is 0.837. The molecule has 1 N–H and O–H groups in total. The van der Waals surface area contributed by atoms with Gasteiger partial charge in [-0.25, -0.2) is 0 Å². The number of aliphatic imine (C=N–C) groups is 1. The van der Waals surface area contributed by atoms with Crippen LogP contribution in [0.3, 0.4) is 0 Å². The molecule has 1 saturated heterocycles. The summed E-state index contributed by atoms with van der Waals surface area (Å²) in [6, 6.07) is 0. The van der Waals surface area contributed by atoms with E-state index in [4.69, 9.17) is 4.74 Å². The van der Waals surface area contributed by atoms with E-state index in [1.807, 2.05) is 6.92 Å². The Labute approximate surface area is 134 Å². The van der Waals surface area contributed by atoms with Gasteiger partial charge < -0.3 is 19.7 Å². The van der Waals surface area contributed by atoms with Crippen LogP contribution < -0.4 is 5.32 Å². The molecule has 1 rings (SSSR count). The molecular formula is C16H31N3O3. The van der Waals surface area contributed by atoms with Crippen molar-refractivity contribution in [2.24, 2.45) is 4.99 Å². The van der Waals surface area contributed by atoms with Crippen molar-refractivity contribution in [2.45, 2.75) is 52.1 Å². The van der Waals surface area contributed by atoms with Gasteiger partial charge in [-0.15, -0.1) is 0 Å². The second-order valence-corrected chi connectivity index (χ2v) is 5.41. The number of piperidine rings is 1. The lowest BCUT2D eigenvalue weighted by Crippen LogP contribution is -2.47. The van der Waals surface area contributed by atoms with Gasteiger partial charge in [0.1, 0.15) is 0 Å². The number of nitrogens with zero attached hydrogens (tertiary/aromatic N) is 2. The highest BCUT2D eigenvalue weighted by Gasteiger charge is 2.21. The highest BCUT2D eigenvalue weighted by molar-refractivity contribution is 5.80. The van der Waals surface area contributed by atoms with Crippen molar-refractivity contribution in [3.8, 4) is 0 Å². The second-order valence-electron chi connectivity index (χ2n) is 5.41. The first-order valence-corrected chi connectivity index (χ1v) is 8.42. The summed E-state index contributed by atoms with van der Waals surface area (Å²) in [7, 11) is 1.43. The highest BCUT2D eigenvalue weighted by atomic mass is 16.5. The van der Waals surface area contributed by atoms with Crippen LogP contribution in [0, 0.1) is 0 Å². The molecule has 0 atom stereocenters. The lowest BCUT2D eigenvalue weighted by Gasteiger charge is -2.34. The number of nitrogens with one attached hydrogen (secondary N) is 1. The fourth-order valence-corrected chi connectivity index (χ4v) is 2.56. The molecule has 0 radical (unpaired) electrons. The number of hydrogen-bond donors (Lipinski definition) is 1. The molecule has 1 aliphatic heterocycles. The van der Waals surface area contributed by atoms with Crippen LogP contribution in [0.4, 0.5) is 0 Å². The number of ether oxygens (including phenoxy) is 2. The summed E-state index contributed by atoms with van der Waals surface area (Å²) in [6.07, 6.45) is 4.70. The molecule has 0 aromatic heterocycles. The number of carbonyl (C=O) groups is 1. The molecule has 128 valence electrons. The van der Waals surface area contributed by atoms with Crippen molar-refractivity contribution in [1.82, 2.24) is 10.2 Å². The van der Waals surface area contributed by atoms with Gasteiger partial charge in [-0.1, -0.05) is 0 Å². The van der Waals surface area contributed by atoms with E-state index in [1.165, 1.54) is 7.11 Å². The fraction of sp³-hybridized carbons (Fsp3) is 0.875. The Morgan fingerprint density at radius 2 is 2.00 bits per heavy atom. The maximum atomic E-state index is 11.1.